The molecule has 0 rings (SSSR count). The van der Waals surface area contributed by atoms with Gasteiger partial charge in [0.1, 0.15) is 0 Å². The first-order valence-electron chi connectivity index (χ1n) is 2.09. The Bertz CT molecular complexity index is 70.3. The molecule has 0 saturated carbocycles. The van der Waals surface area contributed by atoms with Crippen LogP contribution in [0.15, 0.2) is 0 Å². The Kier molecular flexibility index (Phi) is 31.1. The van der Waals surface area contributed by atoms with Gasteiger partial charge in [-0.25, -0.2) is 0 Å². The Hall–Kier alpha value is 0.806. The van der Waals surface area contributed by atoms with Gasteiger partial charge in [0.05, 0.1) is 0 Å². The maximum Gasteiger partial charge on any atom is 2.00 e. The molecule has 42 valence electrons. The van der Waals surface area contributed by atoms with E-state index >= 15 is 0 Å². The molecule has 0 aliphatic rings. The second-order valence-electron chi connectivity index (χ2n) is 1.04. The van der Waals surface area contributed by atoms with Crippen molar-refractivity contribution in [3.8, 4) is 11.8 Å². The van der Waals surface area contributed by atoms with Gasteiger partial charge < -0.3 is 23.4 Å². The van der Waals surface area contributed by atoms with Crippen LogP contribution >= 0.6 is 0 Å². The molecule has 0 heterocycles. The average molecular weight is 185 g/mol. The summed E-state index contributed by atoms with van der Waals surface area (Å²) in [5.41, 5.74) is 0. The second kappa shape index (κ2) is 15.7. The Morgan fingerprint density at radius 2 is 2.00 bits per heavy atom. The maximum atomic E-state index is 2.89. The number of halogens is 1. The first-order chi connectivity index (χ1) is 2.91. The zero-order chi connectivity index (χ0) is 4.83. The summed E-state index contributed by atoms with van der Waals surface area (Å²) in [6, 6.07) is 0. The third kappa shape index (κ3) is 15.8. The van der Waals surface area contributed by atoms with Gasteiger partial charge in [0.25, 0.3) is 0 Å². The molecular weight excluding hydrogens is 176 g/mol. The van der Waals surface area contributed by atoms with Crippen molar-refractivity contribution in [1.82, 2.24) is 0 Å². The molecular formula is C6H9BrMg. The van der Waals surface area contributed by atoms with Gasteiger partial charge in [-0.2, -0.15) is 6.92 Å². The molecule has 0 amide bonds. The van der Waals surface area contributed by atoms with Crippen molar-refractivity contribution >= 4 is 23.1 Å². The van der Waals surface area contributed by atoms with Crippen molar-refractivity contribution in [2.24, 2.45) is 0 Å². The van der Waals surface area contributed by atoms with E-state index in [0.717, 1.165) is 6.42 Å². The summed E-state index contributed by atoms with van der Waals surface area (Å²) in [6.45, 7) is 3.85. The van der Waals surface area contributed by atoms with E-state index in [-0.39, 0.29) is 40.0 Å². The van der Waals surface area contributed by atoms with Gasteiger partial charge in [0.2, 0.25) is 0 Å². The van der Waals surface area contributed by atoms with Crippen LogP contribution in [0.1, 0.15) is 20.3 Å². The summed E-state index contributed by atoms with van der Waals surface area (Å²) < 4.78 is 0. The van der Waals surface area contributed by atoms with Crippen LogP contribution < -0.4 is 17.0 Å². The average Bonchev–Trinajstić information content (AvgIpc) is 1.61. The fraction of sp³-hybridized carbons (Fsp3) is 0.500. The molecule has 0 aromatic rings. The van der Waals surface area contributed by atoms with E-state index in [0.29, 0.717) is 0 Å². The molecule has 2 heteroatoms. The largest absolute Gasteiger partial charge is 2.00 e. The van der Waals surface area contributed by atoms with Crippen molar-refractivity contribution in [2.45, 2.75) is 20.3 Å². The van der Waals surface area contributed by atoms with Gasteiger partial charge in [-0.1, -0.05) is 0 Å². The molecule has 0 radical (unpaired) electrons. The van der Waals surface area contributed by atoms with Crippen molar-refractivity contribution in [3.05, 3.63) is 6.42 Å². The van der Waals surface area contributed by atoms with E-state index in [2.05, 4.69) is 11.8 Å². The van der Waals surface area contributed by atoms with Crippen LogP contribution in [0.2, 0.25) is 0 Å². The summed E-state index contributed by atoms with van der Waals surface area (Å²) in [7, 11) is 0. The van der Waals surface area contributed by atoms with E-state index < -0.39 is 0 Å². The summed E-state index contributed by atoms with van der Waals surface area (Å²) in [4.78, 5) is 0. The molecule has 0 N–H and O–H groups in total. The van der Waals surface area contributed by atoms with E-state index in [4.69, 9.17) is 0 Å². The van der Waals surface area contributed by atoms with Crippen molar-refractivity contribution in [2.75, 3.05) is 0 Å². The maximum absolute atomic E-state index is 2.89. The zero-order valence-corrected chi connectivity index (χ0v) is 8.37. The van der Waals surface area contributed by atoms with Gasteiger partial charge >= 0.3 is 23.1 Å². The zero-order valence-electron chi connectivity index (χ0n) is 5.37. The SMILES string of the molecule is CC#CC[CH-]C.[Br-].[Mg+2]. The topological polar surface area (TPSA) is 0 Å². The molecule has 0 unspecified atom stereocenters. The van der Waals surface area contributed by atoms with Crippen LogP contribution in [-0.4, -0.2) is 23.1 Å². The molecule has 8 heavy (non-hydrogen) atoms. The quantitative estimate of drug-likeness (QED) is 0.258. The van der Waals surface area contributed by atoms with Gasteiger partial charge in [-0.15, -0.1) is 18.3 Å². The molecule has 0 nitrogen and oxygen atoms in total. The van der Waals surface area contributed by atoms with Crippen LogP contribution in [0.3, 0.4) is 0 Å². The summed E-state index contributed by atoms with van der Waals surface area (Å²) in [5, 5.41) is 0. The minimum Gasteiger partial charge on any atom is -1.00 e. The van der Waals surface area contributed by atoms with E-state index in [1.807, 2.05) is 20.3 Å². The van der Waals surface area contributed by atoms with E-state index in [9.17, 15) is 0 Å². The van der Waals surface area contributed by atoms with Crippen LogP contribution in [-0.2, 0) is 0 Å². The minimum absolute atomic E-state index is 0. The molecule has 0 atom stereocenters. The Balaban J connectivity index is -0.000000125. The van der Waals surface area contributed by atoms with Crippen molar-refractivity contribution in [3.63, 3.8) is 0 Å². The second-order valence-corrected chi connectivity index (χ2v) is 1.04. The molecule has 0 bridgehead atoms. The predicted molar refractivity (Wildman–Crippen MR) is 33.8 cm³/mol. The Morgan fingerprint density at radius 3 is 2.12 bits per heavy atom. The number of hydrogen-bond donors (Lipinski definition) is 0. The number of rotatable bonds is 1. The first-order valence-corrected chi connectivity index (χ1v) is 2.09. The molecule has 0 spiro atoms. The fourth-order valence-corrected chi connectivity index (χ4v) is 0.204. The van der Waals surface area contributed by atoms with E-state index in [1.54, 1.807) is 0 Å². The molecule has 0 aromatic carbocycles. The third-order valence-corrected chi connectivity index (χ3v) is 0.483. The van der Waals surface area contributed by atoms with Crippen molar-refractivity contribution in [1.29, 1.82) is 0 Å². The van der Waals surface area contributed by atoms with Crippen LogP contribution in [0.5, 0.6) is 0 Å². The van der Waals surface area contributed by atoms with Gasteiger partial charge in [0, 0.05) is 0 Å². The first kappa shape index (κ1) is 15.9. The molecule has 0 aliphatic heterocycles. The molecule has 0 saturated heterocycles. The number of unbranched alkanes of at least 4 members (excludes halogenated alkanes) is 1. The Labute approximate surface area is 78.3 Å². The molecule has 0 aromatic heterocycles. The minimum atomic E-state index is 0. The smallest absolute Gasteiger partial charge is 1.00 e. The van der Waals surface area contributed by atoms with Gasteiger partial charge in [-0.05, 0) is 6.92 Å². The van der Waals surface area contributed by atoms with Crippen LogP contribution in [0.25, 0.3) is 0 Å². The predicted octanol–water partition coefficient (Wildman–Crippen LogP) is -1.75. The van der Waals surface area contributed by atoms with Crippen LogP contribution in [0.4, 0.5) is 0 Å². The Morgan fingerprint density at radius 1 is 1.50 bits per heavy atom. The normalized spacial score (nSPS) is 4.75. The molecule has 0 aliphatic carbocycles. The van der Waals surface area contributed by atoms with Crippen LogP contribution in [0, 0.1) is 18.3 Å². The van der Waals surface area contributed by atoms with Crippen molar-refractivity contribution < 1.29 is 17.0 Å². The van der Waals surface area contributed by atoms with Gasteiger partial charge in [0.15, 0.2) is 0 Å². The van der Waals surface area contributed by atoms with Gasteiger partial charge in [-0.3, -0.25) is 0 Å². The van der Waals surface area contributed by atoms with E-state index in [1.165, 1.54) is 0 Å². The molecule has 0 fully saturated rings. The standard InChI is InChI=1S/C6H9.BrH.Mg/c1-3-5-6-4-2;;/h3H,5H2,1-2H3;1H;/q-1;;+2/p-1. The summed E-state index contributed by atoms with van der Waals surface area (Å²) >= 11 is 0. The summed E-state index contributed by atoms with van der Waals surface area (Å²) in [6.07, 6.45) is 2.97. The monoisotopic (exact) mass is 184 g/mol. The fourth-order valence-electron chi connectivity index (χ4n) is 0.204. The third-order valence-electron chi connectivity index (χ3n) is 0.483. The number of hydrogen-bond acceptors (Lipinski definition) is 0. The summed E-state index contributed by atoms with van der Waals surface area (Å²) in [5.74, 6) is 5.68.